The fourth-order valence-corrected chi connectivity index (χ4v) is 1.32. The highest BCUT2D eigenvalue weighted by Gasteiger charge is 2.63. The van der Waals surface area contributed by atoms with Gasteiger partial charge in [-0.25, -0.2) is 0 Å². The van der Waals surface area contributed by atoms with Crippen molar-refractivity contribution < 1.29 is 27.1 Å². The molecule has 0 aliphatic carbocycles. The average molecular weight is 280 g/mol. The number of rotatable bonds is 4. The van der Waals surface area contributed by atoms with Crippen LogP contribution in [0.4, 0.5) is 23.2 Å². The van der Waals surface area contributed by atoms with Crippen molar-refractivity contribution in [3.05, 3.63) is 29.8 Å². The summed E-state index contributed by atoms with van der Waals surface area (Å²) in [4.78, 5) is 11.3. The third kappa shape index (κ3) is 3.14. The number of anilines is 1. The fraction of sp³-hybridized carbons (Fsp3) is 0.364. The van der Waals surface area contributed by atoms with E-state index in [-0.39, 0.29) is 12.2 Å². The maximum absolute atomic E-state index is 13.4. The number of methoxy groups -OCH3 is 1. The van der Waals surface area contributed by atoms with Gasteiger partial charge in [-0.15, -0.1) is 0 Å². The second-order valence-electron chi connectivity index (χ2n) is 3.68. The summed E-state index contributed by atoms with van der Waals surface area (Å²) >= 11 is 0. The molecule has 0 aromatic heterocycles. The molecule has 0 spiro atoms. The molecule has 1 unspecified atom stereocenters. The van der Waals surface area contributed by atoms with Gasteiger partial charge in [0.1, 0.15) is 0 Å². The van der Waals surface area contributed by atoms with E-state index < -0.39 is 17.9 Å². The number of hydrogen-bond acceptors (Lipinski definition) is 3. The molecule has 1 amide bonds. The number of hydrogen-bond donors (Lipinski definition) is 2. The van der Waals surface area contributed by atoms with Crippen LogP contribution in [0.2, 0.25) is 0 Å². The number of nitrogen functional groups attached to an aromatic ring is 1. The predicted molar refractivity (Wildman–Crippen MR) is 59.6 cm³/mol. The number of nitrogens with one attached hydrogen (secondary N) is 1. The zero-order valence-corrected chi connectivity index (χ0v) is 9.92. The second-order valence-corrected chi connectivity index (χ2v) is 3.68. The summed E-state index contributed by atoms with van der Waals surface area (Å²) < 4.78 is 54.2. The fourth-order valence-electron chi connectivity index (χ4n) is 1.32. The quantitative estimate of drug-likeness (QED) is 0.652. The molecule has 1 atom stereocenters. The molecule has 0 fully saturated rings. The third-order valence-electron chi connectivity index (χ3n) is 2.43. The van der Waals surface area contributed by atoms with Gasteiger partial charge in [-0.3, -0.25) is 4.79 Å². The van der Waals surface area contributed by atoms with Gasteiger partial charge in [0, 0.05) is 19.3 Å². The first-order valence-electron chi connectivity index (χ1n) is 5.15. The van der Waals surface area contributed by atoms with Gasteiger partial charge in [-0.1, -0.05) is 18.2 Å². The molecule has 1 rings (SSSR count). The van der Waals surface area contributed by atoms with Crippen molar-refractivity contribution in [2.75, 3.05) is 12.8 Å². The van der Waals surface area contributed by atoms with Gasteiger partial charge in [0.05, 0.1) is 0 Å². The lowest BCUT2D eigenvalue weighted by atomic mass is 10.1. The molecular formula is C11H12F4N2O2. The Kier molecular flexibility index (Phi) is 4.35. The Labute approximate surface area is 106 Å². The largest absolute Gasteiger partial charge is 0.458 e. The maximum Gasteiger partial charge on any atom is 0.458 e. The molecule has 4 nitrogen and oxygen atoms in total. The standard InChI is InChI=1S/C11H12F4N2O2/c1-19-10(12,11(13,14)15)9(18)17-6-7-4-2-3-5-8(7)16/h2-5H,6,16H2,1H3,(H,17,18). The summed E-state index contributed by atoms with van der Waals surface area (Å²) in [7, 11) is 0.462. The zero-order chi connectivity index (χ0) is 14.7. The van der Waals surface area contributed by atoms with Crippen LogP contribution in [-0.2, 0) is 16.1 Å². The van der Waals surface area contributed by atoms with E-state index in [1.54, 1.807) is 17.4 Å². The predicted octanol–water partition coefficient (Wildman–Crippen LogP) is 1.76. The summed E-state index contributed by atoms with van der Waals surface area (Å²) in [5, 5.41) is 1.80. The van der Waals surface area contributed by atoms with Crippen LogP contribution in [0.25, 0.3) is 0 Å². The minimum Gasteiger partial charge on any atom is -0.398 e. The SMILES string of the molecule is COC(F)(C(=O)NCc1ccccc1N)C(F)(F)F. The van der Waals surface area contributed by atoms with Crippen molar-refractivity contribution in [3.63, 3.8) is 0 Å². The van der Waals surface area contributed by atoms with E-state index in [9.17, 15) is 22.4 Å². The zero-order valence-electron chi connectivity index (χ0n) is 9.92. The van der Waals surface area contributed by atoms with Crippen LogP contribution in [0.15, 0.2) is 24.3 Å². The van der Waals surface area contributed by atoms with Crippen molar-refractivity contribution in [1.82, 2.24) is 5.32 Å². The van der Waals surface area contributed by atoms with E-state index in [0.29, 0.717) is 12.7 Å². The lowest BCUT2D eigenvalue weighted by Gasteiger charge is -2.24. The number of ether oxygens (including phenoxy) is 1. The molecule has 1 aromatic rings. The molecule has 19 heavy (non-hydrogen) atoms. The highest BCUT2D eigenvalue weighted by Crippen LogP contribution is 2.34. The van der Waals surface area contributed by atoms with Gasteiger partial charge in [-0.05, 0) is 11.6 Å². The summed E-state index contributed by atoms with van der Waals surface area (Å²) in [6.07, 6.45) is -5.46. The first kappa shape index (κ1) is 15.2. The number of nitrogens with two attached hydrogens (primary N) is 1. The molecule has 3 N–H and O–H groups in total. The molecule has 0 saturated heterocycles. The number of amides is 1. The minimum absolute atomic E-state index is 0.275. The summed E-state index contributed by atoms with van der Waals surface area (Å²) in [5.41, 5.74) is 6.18. The Balaban J connectivity index is 2.78. The summed E-state index contributed by atoms with van der Waals surface area (Å²) in [5.74, 6) is -6.30. The summed E-state index contributed by atoms with van der Waals surface area (Å²) in [6.45, 7) is -0.337. The third-order valence-corrected chi connectivity index (χ3v) is 2.43. The lowest BCUT2D eigenvalue weighted by Crippen LogP contribution is -2.54. The average Bonchev–Trinajstić information content (AvgIpc) is 2.35. The van der Waals surface area contributed by atoms with E-state index in [1.807, 2.05) is 0 Å². The Hall–Kier alpha value is -1.83. The molecule has 0 radical (unpaired) electrons. The van der Waals surface area contributed by atoms with E-state index >= 15 is 0 Å². The number of carbonyl (C=O) groups excluding carboxylic acids is 1. The molecule has 0 saturated carbocycles. The van der Waals surface area contributed by atoms with Crippen LogP contribution in [-0.4, -0.2) is 25.0 Å². The lowest BCUT2D eigenvalue weighted by molar-refractivity contribution is -0.307. The molecule has 0 aliphatic rings. The van der Waals surface area contributed by atoms with E-state index in [1.165, 1.54) is 12.1 Å². The Morgan fingerprint density at radius 1 is 1.32 bits per heavy atom. The molecule has 0 bridgehead atoms. The molecule has 0 aliphatic heterocycles. The normalized spacial score (nSPS) is 14.8. The molecule has 1 aromatic carbocycles. The second kappa shape index (κ2) is 5.43. The first-order valence-corrected chi connectivity index (χ1v) is 5.15. The van der Waals surface area contributed by atoms with Gasteiger partial charge in [0.25, 0.3) is 5.91 Å². The number of carbonyl (C=O) groups is 1. The van der Waals surface area contributed by atoms with Crippen molar-refractivity contribution in [2.24, 2.45) is 0 Å². The number of benzene rings is 1. The van der Waals surface area contributed by atoms with Crippen LogP contribution in [0.5, 0.6) is 0 Å². The van der Waals surface area contributed by atoms with E-state index in [0.717, 1.165) is 0 Å². The maximum atomic E-state index is 13.4. The molecule has 106 valence electrons. The van der Waals surface area contributed by atoms with Gasteiger partial charge >= 0.3 is 12.0 Å². The van der Waals surface area contributed by atoms with Crippen molar-refractivity contribution >= 4 is 11.6 Å². The van der Waals surface area contributed by atoms with Crippen LogP contribution >= 0.6 is 0 Å². The first-order chi connectivity index (χ1) is 8.72. The van der Waals surface area contributed by atoms with Crippen molar-refractivity contribution in [2.45, 2.75) is 18.6 Å². The van der Waals surface area contributed by atoms with E-state index in [4.69, 9.17) is 5.73 Å². The molecule has 0 heterocycles. The van der Waals surface area contributed by atoms with E-state index in [2.05, 4.69) is 4.74 Å². The van der Waals surface area contributed by atoms with Gasteiger partial charge < -0.3 is 15.8 Å². The van der Waals surface area contributed by atoms with Gasteiger partial charge in [0.15, 0.2) is 0 Å². The highest BCUT2D eigenvalue weighted by atomic mass is 19.4. The van der Waals surface area contributed by atoms with Gasteiger partial charge in [0.2, 0.25) is 0 Å². The van der Waals surface area contributed by atoms with Gasteiger partial charge in [-0.2, -0.15) is 17.6 Å². The molecular weight excluding hydrogens is 268 g/mol. The Morgan fingerprint density at radius 3 is 2.37 bits per heavy atom. The number of para-hydroxylation sites is 1. The smallest absolute Gasteiger partial charge is 0.398 e. The van der Waals surface area contributed by atoms with Crippen LogP contribution < -0.4 is 11.1 Å². The van der Waals surface area contributed by atoms with Crippen molar-refractivity contribution in [1.29, 1.82) is 0 Å². The highest BCUT2D eigenvalue weighted by molar-refractivity contribution is 5.84. The van der Waals surface area contributed by atoms with Crippen LogP contribution in [0, 0.1) is 0 Å². The number of halogens is 4. The molecule has 8 heteroatoms. The number of alkyl halides is 4. The van der Waals surface area contributed by atoms with Crippen LogP contribution in [0.1, 0.15) is 5.56 Å². The Morgan fingerprint density at radius 2 is 1.89 bits per heavy atom. The topological polar surface area (TPSA) is 64.3 Å². The minimum atomic E-state index is -5.46. The summed E-state index contributed by atoms with van der Waals surface area (Å²) in [6, 6.07) is 6.20. The van der Waals surface area contributed by atoms with Crippen LogP contribution in [0.3, 0.4) is 0 Å². The van der Waals surface area contributed by atoms with Crippen molar-refractivity contribution in [3.8, 4) is 0 Å². The monoisotopic (exact) mass is 280 g/mol. The Bertz CT molecular complexity index is 464.